The number of nitrogens with one attached hydrogen (secondary N) is 1. The molecule has 0 bridgehead atoms. The maximum absolute atomic E-state index is 6.17. The van der Waals surface area contributed by atoms with Crippen molar-refractivity contribution in [3.8, 4) is 0 Å². The highest BCUT2D eigenvalue weighted by atomic mass is 16.7. The smallest absolute Gasteiger partial charge is 0.192 e. The van der Waals surface area contributed by atoms with E-state index in [2.05, 4.69) is 5.32 Å². The molecule has 1 atom stereocenters. The van der Waals surface area contributed by atoms with Crippen LogP contribution >= 0.6 is 0 Å². The molecule has 0 radical (unpaired) electrons. The van der Waals surface area contributed by atoms with Crippen LogP contribution in [0.15, 0.2) is 0 Å². The van der Waals surface area contributed by atoms with Crippen LogP contribution in [0.5, 0.6) is 0 Å². The second-order valence-corrected chi connectivity index (χ2v) is 4.72. The molecule has 2 fully saturated rings. The second-order valence-electron chi connectivity index (χ2n) is 4.72. The monoisotopic (exact) mass is 229 g/mol. The summed E-state index contributed by atoms with van der Waals surface area (Å²) < 4.78 is 17.3. The predicted octanol–water partition coefficient (Wildman–Crippen LogP) is 1.30. The fourth-order valence-corrected chi connectivity index (χ4v) is 2.50. The highest BCUT2D eigenvalue weighted by molar-refractivity contribution is 4.78. The summed E-state index contributed by atoms with van der Waals surface area (Å²) in [7, 11) is 1.71. The number of hydrogen-bond donors (Lipinski definition) is 1. The van der Waals surface area contributed by atoms with Gasteiger partial charge < -0.3 is 19.5 Å². The van der Waals surface area contributed by atoms with Crippen molar-refractivity contribution in [3.05, 3.63) is 0 Å². The molecule has 2 heterocycles. The summed E-state index contributed by atoms with van der Waals surface area (Å²) in [4.78, 5) is 0. The number of methoxy groups -OCH3 is 1. The average Bonchev–Trinajstić information content (AvgIpc) is 2.31. The molecule has 16 heavy (non-hydrogen) atoms. The third-order valence-corrected chi connectivity index (χ3v) is 3.35. The summed E-state index contributed by atoms with van der Waals surface area (Å²) in [6, 6.07) is 0. The molecule has 0 spiro atoms. The van der Waals surface area contributed by atoms with E-state index in [1.807, 2.05) is 0 Å². The van der Waals surface area contributed by atoms with E-state index in [-0.39, 0.29) is 0 Å². The molecule has 1 unspecified atom stereocenters. The minimum Gasteiger partial charge on any atom is -0.379 e. The van der Waals surface area contributed by atoms with Gasteiger partial charge in [0.2, 0.25) is 0 Å². The van der Waals surface area contributed by atoms with E-state index in [0.29, 0.717) is 12.7 Å². The summed E-state index contributed by atoms with van der Waals surface area (Å²) in [6.45, 7) is 3.45. The molecule has 0 aromatic rings. The molecule has 0 saturated carbocycles. The molecule has 2 rings (SSSR count). The van der Waals surface area contributed by atoms with E-state index in [9.17, 15) is 0 Å². The molecule has 4 nitrogen and oxygen atoms in total. The van der Waals surface area contributed by atoms with Gasteiger partial charge in [-0.1, -0.05) is 0 Å². The van der Waals surface area contributed by atoms with E-state index >= 15 is 0 Å². The Balaban J connectivity index is 1.89. The Hall–Kier alpha value is -0.160. The van der Waals surface area contributed by atoms with Crippen molar-refractivity contribution in [2.24, 2.45) is 0 Å². The lowest BCUT2D eigenvalue weighted by Gasteiger charge is -2.40. The Kier molecular flexibility index (Phi) is 4.58. The molecular formula is C12H23NO3. The van der Waals surface area contributed by atoms with E-state index in [1.165, 1.54) is 6.42 Å². The maximum Gasteiger partial charge on any atom is 0.192 e. The molecule has 4 heteroatoms. The van der Waals surface area contributed by atoms with E-state index in [4.69, 9.17) is 14.2 Å². The zero-order valence-corrected chi connectivity index (χ0v) is 10.2. The van der Waals surface area contributed by atoms with Crippen molar-refractivity contribution in [3.63, 3.8) is 0 Å². The highest BCUT2D eigenvalue weighted by Gasteiger charge is 2.37. The average molecular weight is 229 g/mol. The summed E-state index contributed by atoms with van der Waals surface area (Å²) >= 11 is 0. The van der Waals surface area contributed by atoms with Crippen LogP contribution in [-0.2, 0) is 14.2 Å². The molecule has 2 aliphatic heterocycles. The van der Waals surface area contributed by atoms with Crippen LogP contribution in [0.3, 0.4) is 0 Å². The standard InChI is InChI=1S/C12H23NO3/c1-14-10-12(6-2-3-9-15-12)16-11-4-7-13-8-5-11/h11,13H,2-10H2,1H3. The molecule has 2 saturated heterocycles. The summed E-state index contributed by atoms with van der Waals surface area (Å²) in [5, 5.41) is 3.34. The maximum atomic E-state index is 6.17. The van der Waals surface area contributed by atoms with Crippen molar-refractivity contribution in [2.45, 2.75) is 44.0 Å². The Morgan fingerprint density at radius 1 is 1.31 bits per heavy atom. The summed E-state index contributed by atoms with van der Waals surface area (Å²) in [5.41, 5.74) is 0. The Bertz CT molecular complexity index is 193. The lowest BCUT2D eigenvalue weighted by Crippen LogP contribution is -2.48. The van der Waals surface area contributed by atoms with Gasteiger partial charge >= 0.3 is 0 Å². The van der Waals surface area contributed by atoms with Crippen LogP contribution in [-0.4, -0.2) is 45.3 Å². The molecule has 94 valence electrons. The number of hydrogen-bond acceptors (Lipinski definition) is 4. The fraction of sp³-hybridized carbons (Fsp3) is 1.00. The lowest BCUT2D eigenvalue weighted by molar-refractivity contribution is -0.295. The van der Waals surface area contributed by atoms with Crippen LogP contribution in [0.2, 0.25) is 0 Å². The van der Waals surface area contributed by atoms with Crippen molar-refractivity contribution in [1.82, 2.24) is 5.32 Å². The predicted molar refractivity (Wildman–Crippen MR) is 61.4 cm³/mol. The fourth-order valence-electron chi connectivity index (χ4n) is 2.50. The van der Waals surface area contributed by atoms with Gasteiger partial charge in [0.1, 0.15) is 6.61 Å². The molecular weight excluding hydrogens is 206 g/mol. The minimum absolute atomic E-state index is 0.328. The van der Waals surface area contributed by atoms with Gasteiger partial charge in [0.25, 0.3) is 0 Å². The van der Waals surface area contributed by atoms with Crippen molar-refractivity contribution < 1.29 is 14.2 Å². The molecule has 0 aromatic carbocycles. The molecule has 2 aliphatic rings. The number of ether oxygens (including phenoxy) is 3. The first-order valence-corrected chi connectivity index (χ1v) is 6.36. The lowest BCUT2D eigenvalue weighted by atomic mass is 10.0. The van der Waals surface area contributed by atoms with E-state index < -0.39 is 5.79 Å². The zero-order valence-electron chi connectivity index (χ0n) is 10.2. The van der Waals surface area contributed by atoms with Crippen LogP contribution < -0.4 is 5.32 Å². The molecule has 0 aliphatic carbocycles. The quantitative estimate of drug-likeness (QED) is 0.788. The van der Waals surface area contributed by atoms with Gasteiger partial charge in [-0.3, -0.25) is 0 Å². The van der Waals surface area contributed by atoms with Crippen LogP contribution in [0.4, 0.5) is 0 Å². The molecule has 0 aromatic heterocycles. The third-order valence-electron chi connectivity index (χ3n) is 3.35. The first-order valence-electron chi connectivity index (χ1n) is 6.36. The van der Waals surface area contributed by atoms with Gasteiger partial charge in [-0.2, -0.15) is 0 Å². The van der Waals surface area contributed by atoms with Crippen molar-refractivity contribution in [2.75, 3.05) is 33.4 Å². The first kappa shape index (κ1) is 12.3. The van der Waals surface area contributed by atoms with Gasteiger partial charge in [0, 0.05) is 13.5 Å². The number of rotatable bonds is 4. The third kappa shape index (κ3) is 3.17. The van der Waals surface area contributed by atoms with Crippen molar-refractivity contribution in [1.29, 1.82) is 0 Å². The topological polar surface area (TPSA) is 39.7 Å². The molecule has 1 N–H and O–H groups in total. The highest BCUT2D eigenvalue weighted by Crippen LogP contribution is 2.29. The Morgan fingerprint density at radius 2 is 2.12 bits per heavy atom. The van der Waals surface area contributed by atoms with E-state index in [0.717, 1.165) is 45.4 Å². The van der Waals surface area contributed by atoms with E-state index in [1.54, 1.807) is 7.11 Å². The van der Waals surface area contributed by atoms with Crippen LogP contribution in [0.25, 0.3) is 0 Å². The number of piperidine rings is 1. The SMILES string of the molecule is COCC1(OC2CCNCC2)CCCCO1. The van der Waals surface area contributed by atoms with Crippen LogP contribution in [0.1, 0.15) is 32.1 Å². The van der Waals surface area contributed by atoms with Gasteiger partial charge in [0.05, 0.1) is 12.7 Å². The largest absolute Gasteiger partial charge is 0.379 e. The first-order chi connectivity index (χ1) is 7.85. The minimum atomic E-state index is -0.463. The van der Waals surface area contributed by atoms with Gasteiger partial charge in [-0.05, 0) is 38.8 Å². The Labute approximate surface area is 97.6 Å². The van der Waals surface area contributed by atoms with Gasteiger partial charge in [-0.15, -0.1) is 0 Å². The van der Waals surface area contributed by atoms with Gasteiger partial charge in [-0.25, -0.2) is 0 Å². The normalized spacial score (nSPS) is 32.8. The van der Waals surface area contributed by atoms with Crippen molar-refractivity contribution >= 4 is 0 Å². The van der Waals surface area contributed by atoms with Gasteiger partial charge in [0.15, 0.2) is 5.79 Å². The zero-order chi connectivity index (χ0) is 11.3. The Morgan fingerprint density at radius 3 is 2.75 bits per heavy atom. The second kappa shape index (κ2) is 5.96. The molecule has 0 amide bonds. The summed E-state index contributed by atoms with van der Waals surface area (Å²) in [5.74, 6) is -0.463. The van der Waals surface area contributed by atoms with Crippen LogP contribution in [0, 0.1) is 0 Å². The summed E-state index contributed by atoms with van der Waals surface area (Å²) in [6.07, 6.45) is 5.76.